The predicted molar refractivity (Wildman–Crippen MR) is 72.7 cm³/mol. The van der Waals surface area contributed by atoms with E-state index in [2.05, 4.69) is 4.74 Å². The number of carbonyl (C=O) groups excluding carboxylic acids is 4. The van der Waals surface area contributed by atoms with Crippen LogP contribution in [-0.4, -0.2) is 41.6 Å². The van der Waals surface area contributed by atoms with Gasteiger partial charge in [0.15, 0.2) is 0 Å². The largest absolute Gasteiger partial charge is 0.466 e. The van der Waals surface area contributed by atoms with Crippen molar-refractivity contribution in [2.75, 3.05) is 13.2 Å². The van der Waals surface area contributed by atoms with Gasteiger partial charge < -0.3 is 4.74 Å². The summed E-state index contributed by atoms with van der Waals surface area (Å²) in [6.07, 6.45) is -0.388. The monoisotopic (exact) mass is 289 g/mol. The van der Waals surface area contributed by atoms with E-state index >= 15 is 0 Å². The highest BCUT2D eigenvalue weighted by molar-refractivity contribution is 6.21. The summed E-state index contributed by atoms with van der Waals surface area (Å²) in [7, 11) is 0. The minimum absolute atomic E-state index is 0.0232. The molecule has 0 fully saturated rings. The van der Waals surface area contributed by atoms with Crippen LogP contribution in [0.5, 0.6) is 0 Å². The Morgan fingerprint density at radius 3 is 2.19 bits per heavy atom. The fraction of sp³-hybridized carbons (Fsp3) is 0.333. The Morgan fingerprint density at radius 1 is 1.10 bits per heavy atom. The Bertz CT molecular complexity index is 573. The quantitative estimate of drug-likeness (QED) is 0.446. The zero-order chi connectivity index (χ0) is 15.4. The number of nitrogens with zero attached hydrogens (tertiary/aromatic N) is 1. The molecule has 0 unspecified atom stereocenters. The Balaban J connectivity index is 1.94. The third-order valence-corrected chi connectivity index (χ3v) is 3.14. The molecule has 1 aromatic rings. The predicted octanol–water partition coefficient (Wildman–Crippen LogP) is 1.20. The van der Waals surface area contributed by atoms with Gasteiger partial charge in [-0.2, -0.15) is 0 Å². The lowest BCUT2D eigenvalue weighted by Gasteiger charge is -2.12. The Morgan fingerprint density at radius 2 is 1.67 bits per heavy atom. The summed E-state index contributed by atoms with van der Waals surface area (Å²) in [6.45, 7) is 1.84. The van der Waals surface area contributed by atoms with Crippen molar-refractivity contribution in [2.45, 2.75) is 19.8 Å². The van der Waals surface area contributed by atoms with Crippen molar-refractivity contribution < 1.29 is 23.9 Å². The normalized spacial score (nSPS) is 13.3. The standard InChI is InChI=1S/C15H15NO5/c1-2-21-13(18)9-10(17)7-8-16-14(19)11-5-3-4-6-12(11)15(16)20/h3-6H,2,7-9H2,1H3. The van der Waals surface area contributed by atoms with Gasteiger partial charge in [0, 0.05) is 13.0 Å². The highest BCUT2D eigenvalue weighted by Gasteiger charge is 2.34. The number of Topliss-reactive ketones (excluding diaryl/α,β-unsaturated/α-hetero) is 1. The molecule has 0 aromatic heterocycles. The molecule has 0 saturated carbocycles. The van der Waals surface area contributed by atoms with Gasteiger partial charge in [-0.05, 0) is 19.1 Å². The van der Waals surface area contributed by atoms with Gasteiger partial charge in [-0.25, -0.2) is 0 Å². The van der Waals surface area contributed by atoms with Crippen molar-refractivity contribution in [2.24, 2.45) is 0 Å². The Labute approximate surface area is 121 Å². The molecule has 0 saturated heterocycles. The van der Waals surface area contributed by atoms with Gasteiger partial charge in [-0.3, -0.25) is 24.1 Å². The highest BCUT2D eigenvalue weighted by Crippen LogP contribution is 2.22. The maximum Gasteiger partial charge on any atom is 0.313 e. The molecule has 1 aliphatic rings. The van der Waals surface area contributed by atoms with Gasteiger partial charge in [0.2, 0.25) is 0 Å². The first kappa shape index (κ1) is 14.9. The van der Waals surface area contributed by atoms with Crippen LogP contribution in [-0.2, 0) is 14.3 Å². The molecule has 0 aliphatic carbocycles. The summed E-state index contributed by atoms with van der Waals surface area (Å²) in [5, 5.41) is 0. The van der Waals surface area contributed by atoms with Crippen molar-refractivity contribution in [1.82, 2.24) is 4.90 Å². The fourth-order valence-electron chi connectivity index (χ4n) is 2.14. The number of fused-ring (bicyclic) bond motifs is 1. The second kappa shape index (κ2) is 6.30. The SMILES string of the molecule is CCOC(=O)CC(=O)CCN1C(=O)c2ccccc2C1=O. The molecule has 2 amide bonds. The minimum Gasteiger partial charge on any atom is -0.466 e. The van der Waals surface area contributed by atoms with E-state index in [1.54, 1.807) is 31.2 Å². The van der Waals surface area contributed by atoms with Crippen LogP contribution in [0.15, 0.2) is 24.3 Å². The minimum atomic E-state index is -0.593. The molecule has 0 atom stereocenters. The molecule has 2 rings (SSSR count). The number of imide groups is 1. The number of ether oxygens (including phenoxy) is 1. The third kappa shape index (κ3) is 3.16. The zero-order valence-corrected chi connectivity index (χ0v) is 11.6. The van der Waals surface area contributed by atoms with Crippen LogP contribution in [0.2, 0.25) is 0 Å². The topological polar surface area (TPSA) is 80.8 Å². The van der Waals surface area contributed by atoms with E-state index in [1.807, 2.05) is 0 Å². The Kier molecular flexibility index (Phi) is 4.47. The van der Waals surface area contributed by atoms with Crippen LogP contribution >= 0.6 is 0 Å². The molecule has 21 heavy (non-hydrogen) atoms. The Hall–Kier alpha value is -2.50. The summed E-state index contributed by atoms with van der Waals surface area (Å²) < 4.78 is 4.67. The molecule has 0 N–H and O–H groups in total. The first-order valence-electron chi connectivity index (χ1n) is 6.67. The first-order valence-corrected chi connectivity index (χ1v) is 6.67. The molecule has 0 radical (unpaired) electrons. The van der Waals surface area contributed by atoms with E-state index in [-0.39, 0.29) is 31.8 Å². The van der Waals surface area contributed by atoms with Gasteiger partial charge in [0.1, 0.15) is 12.2 Å². The number of hydrogen-bond donors (Lipinski definition) is 0. The summed E-state index contributed by atoms with van der Waals surface area (Å²) in [5.74, 6) is -1.76. The van der Waals surface area contributed by atoms with E-state index in [0.717, 1.165) is 4.90 Å². The van der Waals surface area contributed by atoms with Gasteiger partial charge in [-0.1, -0.05) is 12.1 Å². The maximum atomic E-state index is 12.0. The van der Waals surface area contributed by atoms with Crippen LogP contribution in [0, 0.1) is 0 Å². The molecule has 0 bridgehead atoms. The van der Waals surface area contributed by atoms with Gasteiger partial charge >= 0.3 is 5.97 Å². The number of amides is 2. The van der Waals surface area contributed by atoms with Gasteiger partial charge in [0.25, 0.3) is 11.8 Å². The van der Waals surface area contributed by atoms with Crippen LogP contribution in [0.3, 0.4) is 0 Å². The lowest BCUT2D eigenvalue weighted by molar-refractivity contribution is -0.145. The zero-order valence-electron chi connectivity index (χ0n) is 11.6. The molecule has 1 heterocycles. The van der Waals surface area contributed by atoms with Crippen LogP contribution in [0.4, 0.5) is 0 Å². The van der Waals surface area contributed by atoms with Crippen molar-refractivity contribution in [3.63, 3.8) is 0 Å². The summed E-state index contributed by atoms with van der Waals surface area (Å²) in [5.41, 5.74) is 0.695. The number of esters is 1. The highest BCUT2D eigenvalue weighted by atomic mass is 16.5. The molecule has 6 nitrogen and oxygen atoms in total. The number of rotatable bonds is 6. The smallest absolute Gasteiger partial charge is 0.313 e. The van der Waals surface area contributed by atoms with Crippen molar-refractivity contribution in [1.29, 1.82) is 0 Å². The second-order valence-electron chi connectivity index (χ2n) is 4.58. The number of benzene rings is 1. The molecule has 1 aromatic carbocycles. The lowest BCUT2D eigenvalue weighted by Crippen LogP contribution is -2.32. The van der Waals surface area contributed by atoms with Crippen molar-refractivity contribution >= 4 is 23.6 Å². The van der Waals surface area contributed by atoms with Crippen LogP contribution in [0.1, 0.15) is 40.5 Å². The van der Waals surface area contributed by atoms with Crippen LogP contribution < -0.4 is 0 Å². The lowest BCUT2D eigenvalue weighted by atomic mass is 10.1. The number of ketones is 1. The van der Waals surface area contributed by atoms with E-state index in [9.17, 15) is 19.2 Å². The number of hydrogen-bond acceptors (Lipinski definition) is 5. The molecule has 6 heteroatoms. The molecule has 0 spiro atoms. The van der Waals surface area contributed by atoms with Gasteiger partial charge in [-0.15, -0.1) is 0 Å². The van der Waals surface area contributed by atoms with E-state index in [4.69, 9.17) is 0 Å². The summed E-state index contributed by atoms with van der Waals surface area (Å²) in [4.78, 5) is 47.9. The van der Waals surface area contributed by atoms with E-state index in [1.165, 1.54) is 0 Å². The summed E-state index contributed by atoms with van der Waals surface area (Å²) in [6, 6.07) is 6.52. The average molecular weight is 289 g/mol. The van der Waals surface area contributed by atoms with Gasteiger partial charge in [0.05, 0.1) is 17.7 Å². The molecule has 110 valence electrons. The van der Waals surface area contributed by atoms with Crippen molar-refractivity contribution in [3.8, 4) is 0 Å². The van der Waals surface area contributed by atoms with E-state index < -0.39 is 17.8 Å². The van der Waals surface area contributed by atoms with Crippen LogP contribution in [0.25, 0.3) is 0 Å². The van der Waals surface area contributed by atoms with E-state index in [0.29, 0.717) is 11.1 Å². The van der Waals surface area contributed by atoms with Crippen molar-refractivity contribution in [3.05, 3.63) is 35.4 Å². The average Bonchev–Trinajstić information content (AvgIpc) is 2.70. The molecular weight excluding hydrogens is 274 g/mol. The fourth-order valence-corrected chi connectivity index (χ4v) is 2.14. The molecule has 1 aliphatic heterocycles. The third-order valence-electron chi connectivity index (χ3n) is 3.14. The number of carbonyl (C=O) groups is 4. The maximum absolute atomic E-state index is 12.0. The molecular formula is C15H15NO5. The first-order chi connectivity index (χ1) is 10.0. The second-order valence-corrected chi connectivity index (χ2v) is 4.58. The summed E-state index contributed by atoms with van der Waals surface area (Å²) >= 11 is 0.